The van der Waals surface area contributed by atoms with Crippen LogP contribution >= 0.6 is 0 Å². The molecule has 3 heterocycles. The Labute approximate surface area is 221 Å². The van der Waals surface area contributed by atoms with Gasteiger partial charge in [0.05, 0.1) is 18.1 Å². The van der Waals surface area contributed by atoms with Crippen molar-refractivity contribution in [3.05, 3.63) is 78.0 Å². The Morgan fingerprint density at radius 2 is 1.65 bits per heavy atom. The molecule has 0 aliphatic heterocycles. The smallest absolute Gasteiger partial charge is 0.123 e. The number of aryl methyl sites for hydroxylation is 1. The van der Waals surface area contributed by atoms with Crippen molar-refractivity contribution in [3.63, 3.8) is 0 Å². The van der Waals surface area contributed by atoms with Gasteiger partial charge < -0.3 is 14.9 Å². The van der Waals surface area contributed by atoms with Crippen LogP contribution in [0.4, 0.5) is 0 Å². The zero-order valence-corrected chi connectivity index (χ0v) is 22.8. The molecule has 7 heteroatoms. The number of aromatic amines is 2. The number of hydrogen-bond acceptors (Lipinski definition) is 5. The summed E-state index contributed by atoms with van der Waals surface area (Å²) in [6.07, 6.45) is 14.7. The predicted molar refractivity (Wildman–Crippen MR) is 151 cm³/mol. The van der Waals surface area contributed by atoms with Crippen LogP contribution in [0.2, 0.25) is 0 Å². The predicted octanol–water partition coefficient (Wildman–Crippen LogP) is 6.28. The number of imidazole rings is 2. The molecule has 0 aliphatic rings. The highest BCUT2D eigenvalue weighted by Crippen LogP contribution is 2.23. The number of unbranched alkanes of at least 4 members (excludes halogenated alkanes) is 2. The van der Waals surface area contributed by atoms with Crippen molar-refractivity contribution < 1.29 is 0 Å². The molecule has 37 heavy (non-hydrogen) atoms. The largest absolute Gasteiger partial charge is 0.348 e. The van der Waals surface area contributed by atoms with E-state index in [4.69, 9.17) is 4.98 Å². The summed E-state index contributed by atoms with van der Waals surface area (Å²) in [5.41, 5.74) is 3.54. The second-order valence-electron chi connectivity index (χ2n) is 10.1. The molecule has 0 spiro atoms. The zero-order chi connectivity index (χ0) is 25.9. The van der Waals surface area contributed by atoms with E-state index in [0.29, 0.717) is 0 Å². The number of H-pyrrole nitrogens is 2. The molecule has 4 aromatic rings. The minimum atomic E-state index is 0.132. The van der Waals surface area contributed by atoms with E-state index in [0.717, 1.165) is 36.7 Å². The lowest BCUT2D eigenvalue weighted by Gasteiger charge is -2.27. The zero-order valence-electron chi connectivity index (χ0n) is 22.8. The fourth-order valence-electron chi connectivity index (χ4n) is 5.06. The fraction of sp³-hybridized carbons (Fsp3) is 0.500. The average molecular weight is 502 g/mol. The SMILES string of the molecule is CCCN(CCC)CCCCCc1ccc2cc(CN(Cc3ncc[nH]3)C(C)c3ncc[nH]3)ccc2n1. The number of nitrogens with zero attached hydrogens (tertiary/aromatic N) is 5. The van der Waals surface area contributed by atoms with E-state index in [1.807, 2.05) is 18.6 Å². The van der Waals surface area contributed by atoms with Crippen molar-refractivity contribution in [2.75, 3.05) is 19.6 Å². The molecule has 1 aromatic carbocycles. The van der Waals surface area contributed by atoms with Crippen LogP contribution in [0, 0.1) is 0 Å². The Bertz CT molecular complexity index is 1160. The van der Waals surface area contributed by atoms with Crippen LogP contribution in [0.1, 0.15) is 81.8 Å². The molecular formula is C30H43N7. The van der Waals surface area contributed by atoms with E-state index in [-0.39, 0.29) is 6.04 Å². The van der Waals surface area contributed by atoms with Gasteiger partial charge in [-0.15, -0.1) is 0 Å². The summed E-state index contributed by atoms with van der Waals surface area (Å²) in [6.45, 7) is 11.9. The third-order valence-corrected chi connectivity index (χ3v) is 7.05. The maximum absolute atomic E-state index is 4.97. The van der Waals surface area contributed by atoms with Gasteiger partial charge in [0.1, 0.15) is 11.6 Å². The van der Waals surface area contributed by atoms with Gasteiger partial charge in [0.15, 0.2) is 0 Å². The molecule has 3 aromatic heterocycles. The normalized spacial score (nSPS) is 12.7. The molecule has 1 unspecified atom stereocenters. The topological polar surface area (TPSA) is 76.7 Å². The van der Waals surface area contributed by atoms with E-state index < -0.39 is 0 Å². The highest BCUT2D eigenvalue weighted by atomic mass is 15.2. The Hall–Kier alpha value is -3.03. The molecule has 198 valence electrons. The van der Waals surface area contributed by atoms with E-state index in [1.54, 1.807) is 6.20 Å². The van der Waals surface area contributed by atoms with Crippen LogP contribution in [0.3, 0.4) is 0 Å². The minimum absolute atomic E-state index is 0.132. The van der Waals surface area contributed by atoms with E-state index in [2.05, 4.69) is 80.8 Å². The van der Waals surface area contributed by atoms with Crippen molar-refractivity contribution in [1.82, 2.24) is 34.7 Å². The number of fused-ring (bicyclic) bond motifs is 1. The van der Waals surface area contributed by atoms with Gasteiger partial charge in [-0.3, -0.25) is 9.88 Å². The van der Waals surface area contributed by atoms with Crippen LogP contribution in [0.25, 0.3) is 10.9 Å². The lowest BCUT2D eigenvalue weighted by molar-refractivity contribution is 0.181. The molecule has 1 atom stereocenters. The monoisotopic (exact) mass is 501 g/mol. The molecule has 0 amide bonds. The molecule has 0 aliphatic carbocycles. The van der Waals surface area contributed by atoms with Crippen molar-refractivity contribution in [3.8, 4) is 0 Å². The molecule has 0 fully saturated rings. The minimum Gasteiger partial charge on any atom is -0.348 e. The first kappa shape index (κ1) is 27.0. The van der Waals surface area contributed by atoms with Crippen molar-refractivity contribution in [2.45, 2.75) is 78.4 Å². The lowest BCUT2D eigenvalue weighted by atomic mass is 10.1. The van der Waals surface area contributed by atoms with Crippen molar-refractivity contribution in [1.29, 1.82) is 0 Å². The number of nitrogens with one attached hydrogen (secondary N) is 2. The van der Waals surface area contributed by atoms with Crippen LogP contribution in [-0.2, 0) is 19.5 Å². The standard InChI is InChI=1S/C30H43N7/c1-4-18-36(19-5-2)20-8-6-7-9-27-12-11-26-21-25(10-13-28(26)35-27)22-37(23-29-31-14-15-32-29)24(3)30-33-16-17-34-30/h10-17,21,24H,4-9,18-20,22-23H2,1-3H3,(H,31,32)(H,33,34). The maximum atomic E-state index is 4.97. The van der Waals surface area contributed by atoms with Crippen molar-refractivity contribution >= 4 is 10.9 Å². The quantitative estimate of drug-likeness (QED) is 0.177. The molecule has 0 radical (unpaired) electrons. The van der Waals surface area contributed by atoms with Gasteiger partial charge in [0, 0.05) is 42.4 Å². The number of aromatic nitrogens is 5. The van der Waals surface area contributed by atoms with Crippen LogP contribution < -0.4 is 0 Å². The molecule has 2 N–H and O–H groups in total. The third-order valence-electron chi connectivity index (χ3n) is 7.05. The van der Waals surface area contributed by atoms with E-state index >= 15 is 0 Å². The van der Waals surface area contributed by atoms with E-state index in [1.165, 1.54) is 68.4 Å². The summed E-state index contributed by atoms with van der Waals surface area (Å²) in [6, 6.07) is 11.2. The van der Waals surface area contributed by atoms with Gasteiger partial charge >= 0.3 is 0 Å². The highest BCUT2D eigenvalue weighted by molar-refractivity contribution is 5.79. The first-order valence-corrected chi connectivity index (χ1v) is 14.0. The Morgan fingerprint density at radius 1 is 0.838 bits per heavy atom. The molecule has 0 bridgehead atoms. The van der Waals surface area contributed by atoms with Gasteiger partial charge in [0.2, 0.25) is 0 Å². The summed E-state index contributed by atoms with van der Waals surface area (Å²) in [4.78, 5) is 25.4. The Morgan fingerprint density at radius 3 is 2.38 bits per heavy atom. The second kappa shape index (κ2) is 14.1. The number of hydrogen-bond donors (Lipinski definition) is 2. The first-order chi connectivity index (χ1) is 18.2. The van der Waals surface area contributed by atoms with Gasteiger partial charge in [-0.05, 0) is 82.4 Å². The summed E-state index contributed by atoms with van der Waals surface area (Å²) >= 11 is 0. The maximum Gasteiger partial charge on any atom is 0.123 e. The van der Waals surface area contributed by atoms with Gasteiger partial charge in [-0.2, -0.15) is 0 Å². The molecule has 0 saturated heterocycles. The Kier molecular flexibility index (Phi) is 10.3. The molecular weight excluding hydrogens is 458 g/mol. The number of benzene rings is 1. The first-order valence-electron chi connectivity index (χ1n) is 14.0. The van der Waals surface area contributed by atoms with Gasteiger partial charge in [-0.1, -0.05) is 32.4 Å². The summed E-state index contributed by atoms with van der Waals surface area (Å²) < 4.78 is 0. The summed E-state index contributed by atoms with van der Waals surface area (Å²) in [5.74, 6) is 1.91. The lowest BCUT2D eigenvalue weighted by Crippen LogP contribution is -2.27. The van der Waals surface area contributed by atoms with Crippen LogP contribution in [0.15, 0.2) is 55.1 Å². The fourth-order valence-corrected chi connectivity index (χ4v) is 5.06. The summed E-state index contributed by atoms with van der Waals surface area (Å²) in [7, 11) is 0. The molecule has 0 saturated carbocycles. The second-order valence-corrected chi connectivity index (χ2v) is 10.1. The van der Waals surface area contributed by atoms with Gasteiger partial charge in [0.25, 0.3) is 0 Å². The summed E-state index contributed by atoms with van der Waals surface area (Å²) in [5, 5.41) is 1.19. The Balaban J connectivity index is 1.35. The average Bonchev–Trinajstić information content (AvgIpc) is 3.63. The molecule has 4 rings (SSSR count). The van der Waals surface area contributed by atoms with E-state index in [9.17, 15) is 0 Å². The number of rotatable bonds is 16. The van der Waals surface area contributed by atoms with Gasteiger partial charge in [-0.25, -0.2) is 9.97 Å². The van der Waals surface area contributed by atoms with Crippen LogP contribution in [0.5, 0.6) is 0 Å². The third kappa shape index (κ3) is 7.98. The molecule has 7 nitrogen and oxygen atoms in total. The number of pyridine rings is 1. The highest BCUT2D eigenvalue weighted by Gasteiger charge is 2.19. The van der Waals surface area contributed by atoms with Crippen molar-refractivity contribution in [2.24, 2.45) is 0 Å². The van der Waals surface area contributed by atoms with Crippen LogP contribution in [-0.4, -0.2) is 54.4 Å².